The van der Waals surface area contributed by atoms with Gasteiger partial charge in [-0.25, -0.2) is 9.78 Å². The lowest BCUT2D eigenvalue weighted by atomic mass is 10.1. The molecular weight excluding hydrogens is 502 g/mol. The molecule has 0 spiro atoms. The van der Waals surface area contributed by atoms with Crippen LogP contribution in [0.4, 0.5) is 10.7 Å². The molecule has 0 unspecified atom stereocenters. The van der Waals surface area contributed by atoms with Crippen LogP contribution in [0, 0.1) is 6.92 Å². The molecule has 0 aliphatic heterocycles. The fourth-order valence-corrected chi connectivity index (χ4v) is 4.23. The molecule has 12 nitrogen and oxygen atoms in total. The van der Waals surface area contributed by atoms with Gasteiger partial charge in [-0.1, -0.05) is 30.3 Å². The summed E-state index contributed by atoms with van der Waals surface area (Å²) in [4.78, 5) is 41.8. The molecule has 12 heteroatoms. The van der Waals surface area contributed by atoms with Crippen LogP contribution in [0.25, 0.3) is 11.0 Å². The van der Waals surface area contributed by atoms with Crippen LogP contribution in [0.2, 0.25) is 0 Å². The molecule has 0 radical (unpaired) electrons. The van der Waals surface area contributed by atoms with Gasteiger partial charge in [0.2, 0.25) is 11.9 Å². The van der Waals surface area contributed by atoms with Crippen LogP contribution >= 0.6 is 0 Å². The number of primary amides is 1. The molecule has 4 rings (SSSR count). The van der Waals surface area contributed by atoms with Crippen LogP contribution in [0.1, 0.15) is 45.4 Å². The second kappa shape index (κ2) is 12.1. The Balaban J connectivity index is 1.53. The average Bonchev–Trinajstić information content (AvgIpc) is 3.49. The molecule has 0 atom stereocenters. The predicted molar refractivity (Wildman–Crippen MR) is 143 cm³/mol. The quantitative estimate of drug-likeness (QED) is 0.171. The first-order valence-corrected chi connectivity index (χ1v) is 12.5. The normalized spacial score (nSPS) is 10.8. The van der Waals surface area contributed by atoms with Crippen LogP contribution in [0.15, 0.2) is 48.5 Å². The molecule has 0 aliphatic carbocycles. The lowest BCUT2D eigenvalue weighted by Gasteiger charge is -2.12. The highest BCUT2D eigenvalue weighted by molar-refractivity contribution is 6.03. The standard InChI is InChI=1S/C27H31N7O5/c1-4-34-21(13-17(2)32-34)25(36)31-26-30-20-14-19(24(28)35)15-22(38-3)23(20)33(26)12-8-11-29-27(37)39-16-18-9-6-5-7-10-18/h5-7,9-10,13-15H,4,8,11-12,16H2,1-3H3,(H4,28,29,30,31,35,36,37)/p+1. The number of aromatic amines is 1. The summed E-state index contributed by atoms with van der Waals surface area (Å²) in [5.41, 5.74) is 8.92. The molecule has 2 aromatic carbocycles. The van der Waals surface area contributed by atoms with Crippen molar-refractivity contribution in [3.8, 4) is 5.75 Å². The number of hydrogen-bond acceptors (Lipinski definition) is 6. The minimum atomic E-state index is -0.625. The summed E-state index contributed by atoms with van der Waals surface area (Å²) in [6.45, 7) is 5.23. The number of ether oxygens (including phenoxy) is 2. The highest BCUT2D eigenvalue weighted by Crippen LogP contribution is 2.31. The summed E-state index contributed by atoms with van der Waals surface area (Å²) in [6, 6.07) is 14.2. The molecule has 5 N–H and O–H groups in total. The number of fused-ring (bicyclic) bond motifs is 1. The number of nitrogens with zero attached hydrogens (tertiary/aromatic N) is 3. The Labute approximate surface area is 225 Å². The molecular formula is C27H32N7O5+. The summed E-state index contributed by atoms with van der Waals surface area (Å²) in [6.07, 6.45) is -0.0354. The topological polar surface area (TPSA) is 157 Å². The third kappa shape index (κ3) is 6.35. The number of amides is 3. The second-order valence-corrected chi connectivity index (χ2v) is 8.86. The minimum Gasteiger partial charge on any atom is -0.494 e. The highest BCUT2D eigenvalue weighted by Gasteiger charge is 2.25. The van der Waals surface area contributed by atoms with Crippen molar-refractivity contribution in [2.75, 3.05) is 19.0 Å². The third-order valence-corrected chi connectivity index (χ3v) is 6.08. The maximum Gasteiger partial charge on any atom is 0.407 e. The Hall–Kier alpha value is -4.87. The van der Waals surface area contributed by atoms with E-state index in [1.54, 1.807) is 21.4 Å². The van der Waals surface area contributed by atoms with Crippen molar-refractivity contribution in [2.45, 2.75) is 40.0 Å². The van der Waals surface area contributed by atoms with Gasteiger partial charge in [0.25, 0.3) is 5.69 Å². The monoisotopic (exact) mass is 534 g/mol. The van der Waals surface area contributed by atoms with E-state index >= 15 is 0 Å². The van der Waals surface area contributed by atoms with Crippen molar-refractivity contribution >= 4 is 34.9 Å². The smallest absolute Gasteiger partial charge is 0.407 e. The molecule has 0 aliphatic rings. The van der Waals surface area contributed by atoms with Crippen molar-refractivity contribution in [2.24, 2.45) is 5.73 Å². The number of benzene rings is 2. The van der Waals surface area contributed by atoms with Gasteiger partial charge in [0, 0.05) is 24.7 Å². The Morgan fingerprint density at radius 2 is 1.92 bits per heavy atom. The average molecular weight is 535 g/mol. The second-order valence-electron chi connectivity index (χ2n) is 8.86. The molecule has 0 fully saturated rings. The largest absolute Gasteiger partial charge is 0.494 e. The number of H-pyrrole nitrogens is 1. The molecule has 39 heavy (non-hydrogen) atoms. The number of methoxy groups -OCH3 is 1. The number of anilines is 1. The molecule has 3 amide bonds. The molecule has 0 saturated carbocycles. The van der Waals surface area contributed by atoms with E-state index in [0.717, 1.165) is 11.3 Å². The number of carbonyl (C=O) groups is 3. The Bertz CT molecular complexity index is 1490. The van der Waals surface area contributed by atoms with E-state index < -0.39 is 12.0 Å². The molecule has 2 aromatic heterocycles. The predicted octanol–water partition coefficient (Wildman–Crippen LogP) is 2.66. The van der Waals surface area contributed by atoms with Crippen LogP contribution in [-0.2, 0) is 24.4 Å². The SMILES string of the molecule is CC[n+]1[nH]c(C)cc1C(=O)Nc1nc2cc(C(N)=O)cc(OC)c2n1CCCNC(=O)OCc1ccccc1. The number of hydrogen-bond donors (Lipinski definition) is 4. The van der Waals surface area contributed by atoms with Gasteiger partial charge in [-0.3, -0.25) is 14.9 Å². The van der Waals surface area contributed by atoms with Crippen LogP contribution in [0.3, 0.4) is 0 Å². The van der Waals surface area contributed by atoms with Crippen LogP contribution < -0.4 is 25.8 Å². The highest BCUT2D eigenvalue weighted by atomic mass is 16.5. The maximum atomic E-state index is 13.2. The fraction of sp³-hybridized carbons (Fsp3) is 0.296. The molecule has 4 aromatic rings. The van der Waals surface area contributed by atoms with E-state index in [2.05, 4.69) is 20.7 Å². The van der Waals surface area contributed by atoms with Crippen molar-refractivity contribution in [3.05, 3.63) is 71.0 Å². The zero-order valence-electron chi connectivity index (χ0n) is 22.1. The van der Waals surface area contributed by atoms with E-state index in [1.807, 2.05) is 44.2 Å². The number of aryl methyl sites for hydroxylation is 3. The van der Waals surface area contributed by atoms with Gasteiger partial charge in [-0.05, 0) is 38.0 Å². The molecule has 0 bridgehead atoms. The summed E-state index contributed by atoms with van der Waals surface area (Å²) in [5, 5.41) is 8.74. The van der Waals surface area contributed by atoms with E-state index in [1.165, 1.54) is 13.2 Å². The first-order chi connectivity index (χ1) is 18.8. The van der Waals surface area contributed by atoms with Crippen LogP contribution in [-0.4, -0.2) is 46.2 Å². The lowest BCUT2D eigenvalue weighted by molar-refractivity contribution is -0.748. The fourth-order valence-electron chi connectivity index (χ4n) is 4.23. The first-order valence-electron chi connectivity index (χ1n) is 12.5. The molecule has 0 saturated heterocycles. The first kappa shape index (κ1) is 27.2. The van der Waals surface area contributed by atoms with Gasteiger partial charge in [-0.2, -0.15) is 5.10 Å². The number of alkyl carbamates (subject to hydrolysis) is 1. The van der Waals surface area contributed by atoms with Crippen molar-refractivity contribution in [1.82, 2.24) is 20.0 Å². The van der Waals surface area contributed by atoms with E-state index in [0.29, 0.717) is 48.5 Å². The summed E-state index contributed by atoms with van der Waals surface area (Å²) in [5.74, 6) is -0.330. The van der Waals surface area contributed by atoms with Gasteiger partial charge < -0.3 is 25.1 Å². The van der Waals surface area contributed by atoms with Crippen LogP contribution in [0.5, 0.6) is 5.75 Å². The Morgan fingerprint density at radius 1 is 1.15 bits per heavy atom. The van der Waals surface area contributed by atoms with Gasteiger partial charge >= 0.3 is 12.0 Å². The third-order valence-electron chi connectivity index (χ3n) is 6.08. The molecule has 2 heterocycles. The summed E-state index contributed by atoms with van der Waals surface area (Å²) >= 11 is 0. The van der Waals surface area contributed by atoms with E-state index in [9.17, 15) is 14.4 Å². The van der Waals surface area contributed by atoms with Gasteiger partial charge in [0.05, 0.1) is 18.3 Å². The van der Waals surface area contributed by atoms with Gasteiger partial charge in [0.15, 0.2) is 6.54 Å². The number of rotatable bonds is 11. The van der Waals surface area contributed by atoms with E-state index in [4.69, 9.17) is 15.2 Å². The van der Waals surface area contributed by atoms with E-state index in [-0.39, 0.29) is 24.0 Å². The lowest BCUT2D eigenvalue weighted by Crippen LogP contribution is -2.41. The summed E-state index contributed by atoms with van der Waals surface area (Å²) < 4.78 is 14.3. The Kier molecular flexibility index (Phi) is 8.44. The zero-order valence-corrected chi connectivity index (χ0v) is 22.1. The number of imidazole rings is 1. The number of aromatic nitrogens is 4. The molecule has 204 valence electrons. The maximum absolute atomic E-state index is 13.2. The van der Waals surface area contributed by atoms with Crippen molar-refractivity contribution < 1.29 is 28.5 Å². The summed E-state index contributed by atoms with van der Waals surface area (Å²) in [7, 11) is 1.48. The van der Waals surface area contributed by atoms with Crippen molar-refractivity contribution in [1.29, 1.82) is 0 Å². The van der Waals surface area contributed by atoms with Crippen molar-refractivity contribution in [3.63, 3.8) is 0 Å². The van der Waals surface area contributed by atoms with Gasteiger partial charge in [0.1, 0.15) is 17.9 Å². The number of carbonyl (C=O) groups excluding carboxylic acids is 3. The number of nitrogens with two attached hydrogens (primary N) is 1. The zero-order chi connectivity index (χ0) is 27.9. The number of nitrogens with one attached hydrogen (secondary N) is 3. The minimum absolute atomic E-state index is 0.171. The Morgan fingerprint density at radius 3 is 2.62 bits per heavy atom. The van der Waals surface area contributed by atoms with Gasteiger partial charge in [-0.15, -0.1) is 4.68 Å².